The zero-order chi connectivity index (χ0) is 24.3. The lowest BCUT2D eigenvalue weighted by Crippen LogP contribution is -2.58. The first-order valence-corrected chi connectivity index (χ1v) is 12.7. The van der Waals surface area contributed by atoms with Gasteiger partial charge >= 0.3 is 0 Å². The number of nitrogens with one attached hydrogen (secondary N) is 1. The minimum Gasteiger partial charge on any atom is -0.352 e. The van der Waals surface area contributed by atoms with Crippen LogP contribution in [0.3, 0.4) is 0 Å². The minimum atomic E-state index is 0.0566. The number of piperidine rings is 3. The minimum absolute atomic E-state index is 0.0566. The lowest BCUT2D eigenvalue weighted by atomic mass is 9.75. The van der Waals surface area contributed by atoms with Crippen LogP contribution in [0, 0.1) is 11.8 Å². The summed E-state index contributed by atoms with van der Waals surface area (Å²) in [5, 5.41) is 12.0. The summed E-state index contributed by atoms with van der Waals surface area (Å²) < 4.78 is 1.96. The van der Waals surface area contributed by atoms with E-state index in [9.17, 15) is 4.79 Å². The van der Waals surface area contributed by atoms with Crippen LogP contribution in [0.4, 0.5) is 0 Å². The first-order valence-electron chi connectivity index (χ1n) is 12.7. The van der Waals surface area contributed by atoms with Gasteiger partial charge in [0.25, 0.3) is 0 Å². The maximum absolute atomic E-state index is 12.9. The number of fused-ring (bicyclic) bond motifs is 3. The van der Waals surface area contributed by atoms with E-state index in [1.807, 2.05) is 29.1 Å². The highest BCUT2D eigenvalue weighted by atomic mass is 16.1. The maximum Gasteiger partial charge on any atom is 0.224 e. The summed E-state index contributed by atoms with van der Waals surface area (Å²) in [5.41, 5.74) is 5.38. The van der Waals surface area contributed by atoms with Gasteiger partial charge in [0.2, 0.25) is 5.91 Å². The number of aromatic nitrogens is 4. The quantitative estimate of drug-likeness (QED) is 0.434. The Morgan fingerprint density at radius 3 is 2.53 bits per heavy atom. The van der Waals surface area contributed by atoms with Crippen LogP contribution in [-0.4, -0.2) is 49.9 Å². The molecule has 36 heavy (non-hydrogen) atoms. The van der Waals surface area contributed by atoms with Crippen molar-refractivity contribution in [2.75, 3.05) is 13.1 Å². The van der Waals surface area contributed by atoms with Gasteiger partial charge in [0.1, 0.15) is 5.69 Å². The number of hydrogen-bond donors (Lipinski definition) is 1. The third kappa shape index (κ3) is 4.79. The zero-order valence-electron chi connectivity index (χ0n) is 20.2. The molecule has 7 heteroatoms. The Morgan fingerprint density at radius 2 is 1.78 bits per heavy atom. The second kappa shape index (κ2) is 10.0. The van der Waals surface area contributed by atoms with E-state index in [2.05, 4.69) is 74.0 Å². The number of pyridine rings is 1. The van der Waals surface area contributed by atoms with Crippen LogP contribution in [0.2, 0.25) is 0 Å². The molecule has 182 valence electrons. The van der Waals surface area contributed by atoms with Crippen LogP contribution in [0.1, 0.15) is 18.4 Å². The topological polar surface area (TPSA) is 75.9 Å². The van der Waals surface area contributed by atoms with Gasteiger partial charge in [-0.05, 0) is 48.1 Å². The molecule has 0 radical (unpaired) electrons. The first kappa shape index (κ1) is 22.6. The van der Waals surface area contributed by atoms with Crippen LogP contribution in [0.5, 0.6) is 0 Å². The molecule has 2 aromatic carbocycles. The molecule has 3 aliphatic heterocycles. The van der Waals surface area contributed by atoms with E-state index in [0.717, 1.165) is 49.3 Å². The van der Waals surface area contributed by atoms with Gasteiger partial charge in [-0.25, -0.2) is 0 Å². The van der Waals surface area contributed by atoms with Gasteiger partial charge in [0.05, 0.1) is 18.7 Å². The van der Waals surface area contributed by atoms with Gasteiger partial charge in [-0.15, -0.1) is 5.10 Å². The second-order valence-corrected chi connectivity index (χ2v) is 9.89. The van der Waals surface area contributed by atoms with Gasteiger partial charge in [0, 0.05) is 37.1 Å². The van der Waals surface area contributed by atoms with Crippen molar-refractivity contribution in [1.82, 2.24) is 30.2 Å². The fraction of sp³-hybridized carbons (Fsp3) is 0.310. The molecule has 7 rings (SSSR count). The van der Waals surface area contributed by atoms with Crippen molar-refractivity contribution >= 4 is 5.91 Å². The largest absolute Gasteiger partial charge is 0.352 e. The summed E-state index contributed by atoms with van der Waals surface area (Å²) in [6, 6.07) is 23.1. The highest BCUT2D eigenvalue weighted by molar-refractivity contribution is 5.79. The van der Waals surface area contributed by atoms with Crippen LogP contribution in [0.25, 0.3) is 22.4 Å². The Balaban J connectivity index is 1.06. The molecule has 7 nitrogen and oxygen atoms in total. The second-order valence-electron chi connectivity index (χ2n) is 9.89. The fourth-order valence-corrected chi connectivity index (χ4v) is 5.65. The van der Waals surface area contributed by atoms with Gasteiger partial charge < -0.3 is 5.32 Å². The van der Waals surface area contributed by atoms with Crippen molar-refractivity contribution in [3.8, 4) is 22.4 Å². The molecule has 4 atom stereocenters. The van der Waals surface area contributed by atoms with Crippen molar-refractivity contribution in [3.05, 3.63) is 90.9 Å². The zero-order valence-corrected chi connectivity index (χ0v) is 20.2. The molecule has 3 fully saturated rings. The Labute approximate surface area is 211 Å². The number of nitrogens with zero attached hydrogens (tertiary/aromatic N) is 5. The predicted octanol–water partition coefficient (Wildman–Crippen LogP) is 4.03. The van der Waals surface area contributed by atoms with E-state index in [-0.39, 0.29) is 11.8 Å². The summed E-state index contributed by atoms with van der Waals surface area (Å²) in [6.07, 6.45) is 7.69. The van der Waals surface area contributed by atoms with E-state index < -0.39 is 0 Å². The average Bonchev–Trinajstić information content (AvgIpc) is 3.42. The van der Waals surface area contributed by atoms with Crippen molar-refractivity contribution in [3.63, 3.8) is 0 Å². The van der Waals surface area contributed by atoms with E-state index in [1.165, 1.54) is 11.1 Å². The molecular weight excluding hydrogens is 448 g/mol. The molecule has 0 spiro atoms. The van der Waals surface area contributed by atoms with E-state index in [1.54, 1.807) is 12.4 Å². The normalized spacial score (nSPS) is 22.9. The molecule has 2 aromatic heterocycles. The molecular formula is C29H30N6O. The summed E-state index contributed by atoms with van der Waals surface area (Å²) in [4.78, 5) is 19.5. The molecule has 4 aromatic rings. The summed E-state index contributed by atoms with van der Waals surface area (Å²) in [5.74, 6) is 0.637. The third-order valence-electron chi connectivity index (χ3n) is 7.63. The average molecular weight is 479 g/mol. The monoisotopic (exact) mass is 478 g/mol. The van der Waals surface area contributed by atoms with Crippen LogP contribution >= 0.6 is 0 Å². The highest BCUT2D eigenvalue weighted by Crippen LogP contribution is 2.37. The molecule has 2 unspecified atom stereocenters. The first-order chi connectivity index (χ1) is 17.7. The smallest absolute Gasteiger partial charge is 0.224 e. The van der Waals surface area contributed by atoms with Crippen molar-refractivity contribution in [2.45, 2.75) is 32.0 Å². The molecule has 1 N–H and O–H groups in total. The fourth-order valence-electron chi connectivity index (χ4n) is 5.65. The number of carbonyl (C=O) groups excluding carboxylic acids is 1. The van der Waals surface area contributed by atoms with Crippen LogP contribution < -0.4 is 5.32 Å². The van der Waals surface area contributed by atoms with Crippen molar-refractivity contribution < 1.29 is 4.79 Å². The number of rotatable bonds is 7. The Hall–Kier alpha value is -3.84. The van der Waals surface area contributed by atoms with Crippen molar-refractivity contribution in [1.29, 1.82) is 0 Å². The standard InChI is InChI=1S/C29H30N6O/c36-29(31-17-21-5-4-13-30-16-21)27-19-34-14-12-25(27)15-26(34)18-35-20-28(32-33-35)24-10-8-23(9-11-24)22-6-2-1-3-7-22/h1-11,13,16,20,25-27H,12,14-15,17-19H2,(H,31,36)/t25?,26-,27+/m1/s1. The summed E-state index contributed by atoms with van der Waals surface area (Å²) >= 11 is 0. The molecule has 5 heterocycles. The SMILES string of the molecule is O=C(NCc1cccnc1)[C@H]1CN2CCC1C[C@@H]2Cn1cc(-c2ccc(-c3ccccc3)cc2)nn1. The summed E-state index contributed by atoms with van der Waals surface area (Å²) in [7, 11) is 0. The van der Waals surface area contributed by atoms with Crippen LogP contribution in [0.15, 0.2) is 85.3 Å². The molecule has 3 aliphatic rings. The number of amides is 1. The Bertz CT molecular complexity index is 1300. The number of benzene rings is 2. The third-order valence-corrected chi connectivity index (χ3v) is 7.63. The molecule has 3 saturated heterocycles. The lowest BCUT2D eigenvalue weighted by Gasteiger charge is -2.49. The Morgan fingerprint density at radius 1 is 0.972 bits per heavy atom. The maximum atomic E-state index is 12.9. The number of hydrogen-bond acceptors (Lipinski definition) is 5. The van der Waals surface area contributed by atoms with Gasteiger partial charge in [-0.1, -0.05) is 65.9 Å². The number of carbonyl (C=O) groups is 1. The van der Waals surface area contributed by atoms with Gasteiger partial charge in [-0.2, -0.15) is 0 Å². The molecule has 0 aliphatic carbocycles. The van der Waals surface area contributed by atoms with Gasteiger partial charge in [0.15, 0.2) is 0 Å². The van der Waals surface area contributed by atoms with Crippen molar-refractivity contribution in [2.24, 2.45) is 11.8 Å². The van der Waals surface area contributed by atoms with Gasteiger partial charge in [-0.3, -0.25) is 19.4 Å². The predicted molar refractivity (Wildman–Crippen MR) is 139 cm³/mol. The van der Waals surface area contributed by atoms with E-state index in [0.29, 0.717) is 18.5 Å². The molecule has 2 bridgehead atoms. The molecule has 1 amide bonds. The Kier molecular flexibility index (Phi) is 6.30. The summed E-state index contributed by atoms with van der Waals surface area (Å²) in [6.45, 7) is 3.20. The molecule has 0 saturated carbocycles. The lowest BCUT2D eigenvalue weighted by molar-refractivity contribution is -0.133. The van der Waals surface area contributed by atoms with E-state index >= 15 is 0 Å². The van der Waals surface area contributed by atoms with Crippen LogP contribution in [-0.2, 0) is 17.9 Å². The van der Waals surface area contributed by atoms with E-state index in [4.69, 9.17) is 0 Å². The highest BCUT2D eigenvalue weighted by Gasteiger charge is 2.43.